The second-order valence-corrected chi connectivity index (χ2v) is 4.14. The van der Waals surface area contributed by atoms with Crippen LogP contribution in [-0.4, -0.2) is 11.1 Å². The van der Waals surface area contributed by atoms with Crippen molar-refractivity contribution in [2.75, 3.05) is 0 Å². The summed E-state index contributed by atoms with van der Waals surface area (Å²) in [6, 6.07) is 8.02. The lowest BCUT2D eigenvalue weighted by molar-refractivity contribution is -0.132. The highest BCUT2D eigenvalue weighted by Gasteiger charge is 2.14. The van der Waals surface area contributed by atoms with Crippen LogP contribution in [0.1, 0.15) is 0 Å². The van der Waals surface area contributed by atoms with E-state index in [2.05, 4.69) is 5.32 Å². The van der Waals surface area contributed by atoms with Crippen LogP contribution in [0, 0.1) is 0 Å². The molecule has 1 aliphatic heterocycles. The maximum absolute atomic E-state index is 11.0. The molecule has 2 aliphatic rings. The Morgan fingerprint density at radius 1 is 1.22 bits per heavy atom. The lowest BCUT2D eigenvalue weighted by Crippen LogP contribution is -2.31. The second kappa shape index (κ2) is 4.04. The molecule has 0 fully saturated rings. The summed E-state index contributed by atoms with van der Waals surface area (Å²) in [4.78, 5) is 11.0. The molecule has 88 valence electrons. The Balaban J connectivity index is 2.27. The molecule has 3 rings (SSSR count). The monoisotopic (exact) mass is 237 g/mol. The van der Waals surface area contributed by atoms with Crippen molar-refractivity contribution in [3.05, 3.63) is 70.3 Å². The van der Waals surface area contributed by atoms with Gasteiger partial charge in [-0.2, -0.15) is 0 Å². The second-order valence-electron chi connectivity index (χ2n) is 4.14. The van der Waals surface area contributed by atoms with Gasteiger partial charge in [-0.1, -0.05) is 42.5 Å². The topological polar surface area (TPSA) is 49.3 Å². The molecule has 0 amide bonds. The minimum Gasteiger partial charge on any atom is -0.478 e. The van der Waals surface area contributed by atoms with E-state index in [9.17, 15) is 4.79 Å². The lowest BCUT2D eigenvalue weighted by Gasteiger charge is -2.14. The molecular formula is C15H11NO2. The fourth-order valence-electron chi connectivity index (χ4n) is 2.13. The molecule has 0 saturated carbocycles. The van der Waals surface area contributed by atoms with Crippen LogP contribution in [0.2, 0.25) is 0 Å². The van der Waals surface area contributed by atoms with E-state index in [0.29, 0.717) is 0 Å². The Morgan fingerprint density at radius 2 is 2.06 bits per heavy atom. The number of rotatable bonds is 1. The standard InChI is InChI=1S/C15H11NO2/c17-15(18)12-8-11-6-3-5-10-4-1-2-7-13(10)14(11)16-9-12/h1-9,16H,(H,17,18). The molecule has 3 nitrogen and oxygen atoms in total. The Hall–Kier alpha value is -2.55. The predicted octanol–water partition coefficient (Wildman–Crippen LogP) is 0.643. The van der Waals surface area contributed by atoms with Crippen molar-refractivity contribution in [2.45, 2.75) is 0 Å². The first-order valence-electron chi connectivity index (χ1n) is 5.65. The van der Waals surface area contributed by atoms with E-state index >= 15 is 0 Å². The summed E-state index contributed by atoms with van der Waals surface area (Å²) in [5, 5.41) is 14.3. The summed E-state index contributed by atoms with van der Waals surface area (Å²) in [7, 11) is 0. The molecule has 0 saturated heterocycles. The molecule has 0 atom stereocenters. The summed E-state index contributed by atoms with van der Waals surface area (Å²) in [6.07, 6.45) is 9.07. The Morgan fingerprint density at radius 3 is 2.89 bits per heavy atom. The SMILES string of the molecule is O=C(O)C1=CNC2=c3ccccc3=CC=CC2=C1. The third-order valence-corrected chi connectivity index (χ3v) is 3.00. The highest BCUT2D eigenvalue weighted by molar-refractivity contribution is 5.93. The normalized spacial score (nSPS) is 16.3. The van der Waals surface area contributed by atoms with Gasteiger partial charge < -0.3 is 10.4 Å². The molecule has 0 aromatic heterocycles. The predicted molar refractivity (Wildman–Crippen MR) is 69.6 cm³/mol. The summed E-state index contributed by atoms with van der Waals surface area (Å²) in [5.74, 6) is -0.927. The number of carbonyl (C=O) groups is 1. The van der Waals surface area contributed by atoms with Crippen molar-refractivity contribution in [2.24, 2.45) is 0 Å². The van der Waals surface area contributed by atoms with Gasteiger partial charge in [-0.25, -0.2) is 4.79 Å². The van der Waals surface area contributed by atoms with E-state index in [-0.39, 0.29) is 5.57 Å². The van der Waals surface area contributed by atoms with Gasteiger partial charge in [-0.15, -0.1) is 0 Å². The Bertz CT molecular complexity index is 736. The summed E-state index contributed by atoms with van der Waals surface area (Å²) >= 11 is 0. The number of benzene rings is 1. The van der Waals surface area contributed by atoms with Gasteiger partial charge in [0.05, 0.1) is 11.3 Å². The highest BCUT2D eigenvalue weighted by Crippen LogP contribution is 2.17. The zero-order valence-electron chi connectivity index (χ0n) is 9.55. The maximum atomic E-state index is 11.0. The molecular weight excluding hydrogens is 226 g/mol. The molecule has 2 N–H and O–H groups in total. The first-order valence-corrected chi connectivity index (χ1v) is 5.65. The first-order chi connectivity index (χ1) is 8.75. The van der Waals surface area contributed by atoms with Crippen LogP contribution in [-0.2, 0) is 4.79 Å². The van der Waals surface area contributed by atoms with E-state index in [1.54, 1.807) is 6.08 Å². The molecule has 18 heavy (non-hydrogen) atoms. The molecule has 0 unspecified atom stereocenters. The van der Waals surface area contributed by atoms with Crippen molar-refractivity contribution >= 4 is 17.7 Å². The van der Waals surface area contributed by atoms with Crippen LogP contribution in [0.5, 0.6) is 0 Å². The van der Waals surface area contributed by atoms with Crippen LogP contribution in [0.15, 0.2) is 59.8 Å². The molecule has 1 heterocycles. The molecule has 0 spiro atoms. The van der Waals surface area contributed by atoms with Crippen LogP contribution in [0.4, 0.5) is 0 Å². The van der Waals surface area contributed by atoms with Crippen molar-refractivity contribution in [3.8, 4) is 0 Å². The van der Waals surface area contributed by atoms with E-state index < -0.39 is 5.97 Å². The van der Waals surface area contributed by atoms with Gasteiger partial charge in [0.15, 0.2) is 0 Å². The number of hydrogen-bond donors (Lipinski definition) is 2. The van der Waals surface area contributed by atoms with E-state index in [1.807, 2.05) is 42.5 Å². The number of allylic oxidation sites excluding steroid dienone is 1. The quantitative estimate of drug-likeness (QED) is 0.753. The van der Waals surface area contributed by atoms with Gasteiger partial charge in [0.2, 0.25) is 0 Å². The van der Waals surface area contributed by atoms with E-state index in [1.165, 1.54) is 6.20 Å². The van der Waals surface area contributed by atoms with Crippen LogP contribution in [0.3, 0.4) is 0 Å². The fraction of sp³-hybridized carbons (Fsp3) is 0. The van der Waals surface area contributed by atoms with Crippen molar-refractivity contribution in [1.29, 1.82) is 0 Å². The summed E-state index contributed by atoms with van der Waals surface area (Å²) < 4.78 is 0. The molecule has 0 bridgehead atoms. The maximum Gasteiger partial charge on any atom is 0.337 e. The van der Waals surface area contributed by atoms with Gasteiger partial charge >= 0.3 is 5.97 Å². The average Bonchev–Trinajstić information content (AvgIpc) is 2.57. The number of dihydropyridines is 1. The molecule has 1 aromatic rings. The van der Waals surface area contributed by atoms with Crippen molar-refractivity contribution in [1.82, 2.24) is 5.32 Å². The highest BCUT2D eigenvalue weighted by atomic mass is 16.4. The Labute approximate surface area is 104 Å². The summed E-state index contributed by atoms with van der Waals surface area (Å²) in [6.45, 7) is 0. The largest absolute Gasteiger partial charge is 0.478 e. The smallest absolute Gasteiger partial charge is 0.337 e. The minimum absolute atomic E-state index is 0.262. The zero-order valence-corrected chi connectivity index (χ0v) is 9.55. The Kier molecular flexibility index (Phi) is 2.38. The van der Waals surface area contributed by atoms with E-state index in [4.69, 9.17) is 5.11 Å². The molecule has 1 aliphatic carbocycles. The van der Waals surface area contributed by atoms with Crippen molar-refractivity contribution in [3.63, 3.8) is 0 Å². The van der Waals surface area contributed by atoms with Gasteiger partial charge in [-0.05, 0) is 16.9 Å². The average molecular weight is 237 g/mol. The zero-order chi connectivity index (χ0) is 12.5. The fourth-order valence-corrected chi connectivity index (χ4v) is 2.13. The minimum atomic E-state index is -0.927. The van der Waals surface area contributed by atoms with E-state index in [0.717, 1.165) is 21.7 Å². The van der Waals surface area contributed by atoms with Crippen molar-refractivity contribution < 1.29 is 9.90 Å². The van der Waals surface area contributed by atoms with Gasteiger partial charge in [-0.3, -0.25) is 0 Å². The third-order valence-electron chi connectivity index (χ3n) is 3.00. The van der Waals surface area contributed by atoms with Crippen LogP contribution >= 0.6 is 0 Å². The number of nitrogens with one attached hydrogen (secondary N) is 1. The first kappa shape index (κ1) is 10.6. The van der Waals surface area contributed by atoms with Gasteiger partial charge in [0.1, 0.15) is 0 Å². The van der Waals surface area contributed by atoms with Gasteiger partial charge in [0.25, 0.3) is 0 Å². The molecule has 1 aromatic carbocycles. The number of carboxylic acids is 1. The number of carboxylic acid groups (broad SMARTS) is 1. The van der Waals surface area contributed by atoms with Gasteiger partial charge in [0, 0.05) is 11.4 Å². The number of aliphatic carboxylic acids is 1. The summed E-state index contributed by atoms with van der Waals surface area (Å²) in [5.41, 5.74) is 2.09. The number of hydrogen-bond acceptors (Lipinski definition) is 2. The molecule has 0 radical (unpaired) electrons. The van der Waals surface area contributed by atoms with Crippen LogP contribution < -0.4 is 15.8 Å². The lowest BCUT2D eigenvalue weighted by atomic mass is 10.0. The van der Waals surface area contributed by atoms with Crippen LogP contribution in [0.25, 0.3) is 11.8 Å². The number of fused-ring (bicyclic) bond motifs is 2. The third kappa shape index (κ3) is 1.66. The molecule has 3 heteroatoms.